The van der Waals surface area contributed by atoms with E-state index in [1.54, 1.807) is 12.1 Å². The number of carbonyl (C=O) groups is 1. The highest BCUT2D eigenvalue weighted by atomic mass is 16.5. The summed E-state index contributed by atoms with van der Waals surface area (Å²) < 4.78 is 5.54. The number of benzene rings is 1. The lowest BCUT2D eigenvalue weighted by atomic mass is 9.95. The molecule has 0 unspecified atom stereocenters. The molecule has 0 heterocycles. The van der Waals surface area contributed by atoms with Crippen LogP contribution in [0.15, 0.2) is 53.3 Å². The average molecular weight is 300 g/mol. The molecule has 118 valence electrons. The molecule has 0 aliphatic carbocycles. The van der Waals surface area contributed by atoms with Crippen molar-refractivity contribution in [3.8, 4) is 0 Å². The summed E-state index contributed by atoms with van der Waals surface area (Å²) in [5.41, 5.74) is 4.53. The fraction of sp³-hybridized carbons (Fsp3) is 0.316. The first-order chi connectivity index (χ1) is 10.4. The van der Waals surface area contributed by atoms with Crippen molar-refractivity contribution in [3.63, 3.8) is 0 Å². The van der Waals surface area contributed by atoms with E-state index in [9.17, 15) is 4.79 Å². The number of carboxylic acids is 1. The third kappa shape index (κ3) is 4.62. The Morgan fingerprint density at radius 1 is 1.14 bits per heavy atom. The van der Waals surface area contributed by atoms with Crippen molar-refractivity contribution in [2.75, 3.05) is 6.61 Å². The normalized spacial score (nSPS) is 13.7. The molecule has 0 saturated carbocycles. The molecule has 0 atom stereocenters. The maximum atomic E-state index is 11.0. The highest BCUT2D eigenvalue weighted by Crippen LogP contribution is 2.26. The minimum Gasteiger partial charge on any atom is -0.498 e. The number of aromatic carboxylic acids is 1. The first-order valence-electron chi connectivity index (χ1n) is 7.39. The number of hydrogen-bond acceptors (Lipinski definition) is 2. The van der Waals surface area contributed by atoms with E-state index in [4.69, 9.17) is 9.84 Å². The Morgan fingerprint density at radius 3 is 2.14 bits per heavy atom. The van der Waals surface area contributed by atoms with E-state index in [0.29, 0.717) is 12.2 Å². The largest absolute Gasteiger partial charge is 0.498 e. The molecule has 0 aliphatic heterocycles. The van der Waals surface area contributed by atoms with Gasteiger partial charge in [0, 0.05) is 0 Å². The molecule has 3 heteroatoms. The Balaban J connectivity index is 3.30. The van der Waals surface area contributed by atoms with Gasteiger partial charge in [0.15, 0.2) is 0 Å². The zero-order valence-electron chi connectivity index (χ0n) is 13.9. The zero-order valence-corrected chi connectivity index (χ0v) is 13.9. The van der Waals surface area contributed by atoms with Crippen molar-refractivity contribution in [2.24, 2.45) is 0 Å². The third-order valence-corrected chi connectivity index (χ3v) is 3.58. The van der Waals surface area contributed by atoms with Crippen LogP contribution in [0, 0.1) is 0 Å². The lowest BCUT2D eigenvalue weighted by molar-refractivity contribution is 0.0697. The second kappa shape index (κ2) is 8.23. The van der Waals surface area contributed by atoms with Crippen LogP contribution in [0.1, 0.15) is 50.5 Å². The van der Waals surface area contributed by atoms with Gasteiger partial charge in [0.2, 0.25) is 0 Å². The van der Waals surface area contributed by atoms with E-state index in [1.165, 1.54) is 0 Å². The first kappa shape index (κ1) is 17.8. The lowest BCUT2D eigenvalue weighted by Crippen LogP contribution is -1.97. The number of ether oxygens (including phenoxy) is 1. The van der Waals surface area contributed by atoms with Crippen molar-refractivity contribution in [1.29, 1.82) is 0 Å². The molecule has 0 fully saturated rings. The van der Waals surface area contributed by atoms with E-state index >= 15 is 0 Å². The van der Waals surface area contributed by atoms with Gasteiger partial charge in [-0.2, -0.15) is 0 Å². The van der Waals surface area contributed by atoms with E-state index in [-0.39, 0.29) is 0 Å². The molecule has 1 aromatic rings. The predicted molar refractivity (Wildman–Crippen MR) is 90.8 cm³/mol. The molecule has 1 N–H and O–H groups in total. The van der Waals surface area contributed by atoms with Crippen molar-refractivity contribution in [1.82, 2.24) is 0 Å². The number of hydrogen-bond donors (Lipinski definition) is 1. The average Bonchev–Trinajstić information content (AvgIpc) is 2.51. The van der Waals surface area contributed by atoms with Crippen LogP contribution in [0.3, 0.4) is 0 Å². The van der Waals surface area contributed by atoms with Crippen LogP contribution >= 0.6 is 0 Å². The molecule has 0 amide bonds. The van der Waals surface area contributed by atoms with Crippen LogP contribution in [-0.4, -0.2) is 17.7 Å². The Hall–Kier alpha value is -2.29. The second-order valence-corrected chi connectivity index (χ2v) is 5.08. The van der Waals surface area contributed by atoms with Crippen LogP contribution in [0.5, 0.6) is 0 Å². The summed E-state index contributed by atoms with van der Waals surface area (Å²) in [7, 11) is 0. The smallest absolute Gasteiger partial charge is 0.335 e. The van der Waals surface area contributed by atoms with Gasteiger partial charge in [-0.15, -0.1) is 0 Å². The number of carboxylic acid groups (broad SMARTS) is 1. The minimum atomic E-state index is -0.914. The summed E-state index contributed by atoms with van der Waals surface area (Å²) in [6, 6.07) is 6.93. The van der Waals surface area contributed by atoms with Gasteiger partial charge in [-0.25, -0.2) is 4.79 Å². The highest BCUT2D eigenvalue weighted by molar-refractivity contribution is 5.89. The van der Waals surface area contributed by atoms with Crippen molar-refractivity contribution >= 4 is 11.5 Å². The molecule has 0 bridgehead atoms. The van der Waals surface area contributed by atoms with Gasteiger partial charge in [-0.05, 0) is 75.1 Å². The van der Waals surface area contributed by atoms with Crippen molar-refractivity contribution in [3.05, 3.63) is 64.4 Å². The molecule has 1 rings (SSSR count). The molecule has 0 saturated heterocycles. The topological polar surface area (TPSA) is 46.5 Å². The van der Waals surface area contributed by atoms with Gasteiger partial charge in [-0.1, -0.05) is 18.2 Å². The lowest BCUT2D eigenvalue weighted by Gasteiger charge is -2.11. The van der Waals surface area contributed by atoms with E-state index in [1.807, 2.05) is 52.8 Å². The van der Waals surface area contributed by atoms with Crippen LogP contribution < -0.4 is 0 Å². The first-order valence-corrected chi connectivity index (χ1v) is 7.39. The maximum Gasteiger partial charge on any atom is 0.335 e. The van der Waals surface area contributed by atoms with Gasteiger partial charge >= 0.3 is 5.97 Å². The fourth-order valence-corrected chi connectivity index (χ4v) is 2.02. The summed E-state index contributed by atoms with van der Waals surface area (Å²) in [6.45, 7) is 10.6. The van der Waals surface area contributed by atoms with E-state index < -0.39 is 5.97 Å². The monoisotopic (exact) mass is 300 g/mol. The maximum absolute atomic E-state index is 11.0. The van der Waals surface area contributed by atoms with E-state index in [0.717, 1.165) is 28.0 Å². The Kier molecular flexibility index (Phi) is 6.64. The third-order valence-electron chi connectivity index (χ3n) is 3.58. The van der Waals surface area contributed by atoms with Crippen molar-refractivity contribution < 1.29 is 14.6 Å². The summed E-state index contributed by atoms with van der Waals surface area (Å²) >= 11 is 0. The quantitative estimate of drug-likeness (QED) is 0.589. The Morgan fingerprint density at radius 2 is 1.68 bits per heavy atom. The predicted octanol–water partition coefficient (Wildman–Crippen LogP) is 5.06. The molecular formula is C19H24O3. The molecule has 0 spiro atoms. The zero-order chi connectivity index (χ0) is 16.7. The van der Waals surface area contributed by atoms with Gasteiger partial charge in [0.05, 0.1) is 17.9 Å². The van der Waals surface area contributed by atoms with Crippen LogP contribution in [0.4, 0.5) is 0 Å². The standard InChI is InChI=1S/C19H24O3/c1-6-13(3)18(12-14(4)15(5)22-7-2)16-8-10-17(11-9-16)19(20)21/h6,8-12H,7H2,1-5H3,(H,20,21)/b13-6-,15-14+,18-12+. The SMILES string of the molecule is C\C=C(C)/C(=C\C(C)=C(/C)OCC)c1ccc(C(=O)O)cc1. The Labute approximate surface area is 132 Å². The molecule has 0 aromatic heterocycles. The number of rotatable bonds is 6. The second-order valence-electron chi connectivity index (χ2n) is 5.08. The van der Waals surface area contributed by atoms with Gasteiger partial charge < -0.3 is 9.84 Å². The summed E-state index contributed by atoms with van der Waals surface area (Å²) in [6.07, 6.45) is 4.12. The molecule has 0 aliphatic rings. The van der Waals surface area contributed by atoms with Crippen LogP contribution in [0.25, 0.3) is 5.57 Å². The Bertz CT molecular complexity index is 617. The summed E-state index contributed by atoms with van der Waals surface area (Å²) in [5.74, 6) is -0.0193. The molecule has 22 heavy (non-hydrogen) atoms. The summed E-state index contributed by atoms with van der Waals surface area (Å²) in [5, 5.41) is 9.00. The van der Waals surface area contributed by atoms with Crippen LogP contribution in [-0.2, 0) is 4.74 Å². The summed E-state index contributed by atoms with van der Waals surface area (Å²) in [4.78, 5) is 11.0. The molecule has 3 nitrogen and oxygen atoms in total. The molecule has 0 radical (unpaired) electrons. The van der Waals surface area contributed by atoms with Gasteiger partial charge in [-0.3, -0.25) is 0 Å². The fourth-order valence-electron chi connectivity index (χ4n) is 2.02. The van der Waals surface area contributed by atoms with Gasteiger partial charge in [0.1, 0.15) is 0 Å². The van der Waals surface area contributed by atoms with Gasteiger partial charge in [0.25, 0.3) is 0 Å². The minimum absolute atomic E-state index is 0.291. The molecular weight excluding hydrogens is 276 g/mol. The highest BCUT2D eigenvalue weighted by Gasteiger charge is 2.07. The molecule has 1 aromatic carbocycles. The van der Waals surface area contributed by atoms with E-state index in [2.05, 4.69) is 6.08 Å². The number of allylic oxidation sites excluding steroid dienone is 6. The van der Waals surface area contributed by atoms with Crippen LogP contribution in [0.2, 0.25) is 0 Å². The van der Waals surface area contributed by atoms with Crippen molar-refractivity contribution in [2.45, 2.75) is 34.6 Å².